The number of benzene rings is 1. The second-order valence-corrected chi connectivity index (χ2v) is 6.71. The second-order valence-electron chi connectivity index (χ2n) is 6.71. The van der Waals surface area contributed by atoms with E-state index in [2.05, 4.69) is 17.0 Å². The van der Waals surface area contributed by atoms with Crippen molar-refractivity contribution in [1.82, 2.24) is 14.8 Å². The quantitative estimate of drug-likeness (QED) is 0.481. The van der Waals surface area contributed by atoms with Gasteiger partial charge >= 0.3 is 5.97 Å². The van der Waals surface area contributed by atoms with Crippen molar-refractivity contribution in [3.8, 4) is 5.82 Å². The fourth-order valence-corrected chi connectivity index (χ4v) is 2.91. The maximum absolute atomic E-state index is 12.5. The largest absolute Gasteiger partial charge is 0.451 e. The monoisotopic (exact) mass is 377 g/mol. The highest BCUT2D eigenvalue weighted by atomic mass is 16.5. The van der Waals surface area contributed by atoms with Gasteiger partial charge in [0, 0.05) is 17.5 Å². The van der Waals surface area contributed by atoms with Gasteiger partial charge in [-0.1, -0.05) is 31.2 Å². The summed E-state index contributed by atoms with van der Waals surface area (Å²) in [6.07, 6.45) is 1.46. The van der Waals surface area contributed by atoms with Gasteiger partial charge in [-0.2, -0.15) is 5.10 Å². The van der Waals surface area contributed by atoms with Crippen molar-refractivity contribution < 1.29 is 14.3 Å². The van der Waals surface area contributed by atoms with E-state index < -0.39 is 12.1 Å². The number of ketones is 1. The maximum atomic E-state index is 12.5. The molecular weight excluding hydrogens is 354 g/mol. The first-order chi connectivity index (χ1) is 13.4. The molecule has 3 rings (SSSR count). The number of rotatable bonds is 6. The van der Waals surface area contributed by atoms with Crippen LogP contribution < -0.4 is 0 Å². The summed E-state index contributed by atoms with van der Waals surface area (Å²) in [5.74, 6) is -0.205. The first-order valence-electron chi connectivity index (χ1n) is 9.23. The van der Waals surface area contributed by atoms with E-state index in [-0.39, 0.29) is 11.3 Å². The minimum atomic E-state index is -0.879. The Labute approximate surface area is 164 Å². The number of hydrogen-bond donors (Lipinski definition) is 0. The minimum Gasteiger partial charge on any atom is -0.451 e. The summed E-state index contributed by atoms with van der Waals surface area (Å²) in [6.45, 7) is 7.47. The van der Waals surface area contributed by atoms with E-state index in [1.165, 1.54) is 6.20 Å². The molecule has 6 heteroatoms. The topological polar surface area (TPSA) is 74.1 Å². The van der Waals surface area contributed by atoms with Gasteiger partial charge in [-0.05, 0) is 51.0 Å². The van der Waals surface area contributed by atoms with E-state index in [0.717, 1.165) is 23.4 Å². The second kappa shape index (κ2) is 8.17. The van der Waals surface area contributed by atoms with E-state index >= 15 is 0 Å². The molecule has 0 saturated carbocycles. The number of Topliss-reactive ketones (excluding diaryl/α,β-unsaturated/α-hetero) is 1. The Bertz CT molecular complexity index is 989. The van der Waals surface area contributed by atoms with Crippen molar-refractivity contribution in [3.63, 3.8) is 0 Å². The number of carbonyl (C=O) groups excluding carboxylic acids is 2. The molecule has 0 aliphatic rings. The van der Waals surface area contributed by atoms with Crippen molar-refractivity contribution in [2.24, 2.45) is 0 Å². The highest BCUT2D eigenvalue weighted by Gasteiger charge is 2.20. The van der Waals surface area contributed by atoms with Crippen molar-refractivity contribution in [1.29, 1.82) is 0 Å². The van der Waals surface area contributed by atoms with Crippen LogP contribution in [-0.4, -0.2) is 32.6 Å². The van der Waals surface area contributed by atoms with Crippen molar-refractivity contribution >= 4 is 11.8 Å². The van der Waals surface area contributed by atoms with Gasteiger partial charge in [0.1, 0.15) is 0 Å². The summed E-state index contributed by atoms with van der Waals surface area (Å²) in [5, 5.41) is 4.37. The van der Waals surface area contributed by atoms with Crippen LogP contribution in [0.4, 0.5) is 0 Å². The maximum Gasteiger partial charge on any atom is 0.340 e. The van der Waals surface area contributed by atoms with Crippen LogP contribution in [0.5, 0.6) is 0 Å². The molecule has 1 aromatic carbocycles. The molecular formula is C22H23N3O3. The third-order valence-corrected chi connectivity index (χ3v) is 4.51. The van der Waals surface area contributed by atoms with Crippen LogP contribution in [0, 0.1) is 13.8 Å². The molecule has 144 valence electrons. The number of hydrogen-bond acceptors (Lipinski definition) is 5. The van der Waals surface area contributed by atoms with Gasteiger partial charge in [-0.3, -0.25) is 4.79 Å². The van der Waals surface area contributed by atoms with Crippen LogP contribution in [0.1, 0.15) is 51.5 Å². The van der Waals surface area contributed by atoms with E-state index in [1.807, 2.05) is 32.0 Å². The Hall–Kier alpha value is -3.28. The van der Waals surface area contributed by atoms with Gasteiger partial charge in [0.05, 0.1) is 11.3 Å². The smallest absolute Gasteiger partial charge is 0.340 e. The Kier molecular flexibility index (Phi) is 5.68. The zero-order valence-corrected chi connectivity index (χ0v) is 16.5. The van der Waals surface area contributed by atoms with Crippen molar-refractivity contribution in [2.75, 3.05) is 0 Å². The zero-order chi connectivity index (χ0) is 20.3. The van der Waals surface area contributed by atoms with Gasteiger partial charge in [0.15, 0.2) is 11.9 Å². The van der Waals surface area contributed by atoms with Crippen LogP contribution in [0.3, 0.4) is 0 Å². The van der Waals surface area contributed by atoms with Crippen LogP contribution in [0.25, 0.3) is 5.82 Å². The van der Waals surface area contributed by atoms with E-state index in [9.17, 15) is 9.59 Å². The molecule has 2 aromatic heterocycles. The lowest BCUT2D eigenvalue weighted by Gasteiger charge is -2.13. The number of aromatic nitrogens is 3. The zero-order valence-electron chi connectivity index (χ0n) is 16.5. The van der Waals surface area contributed by atoms with E-state index in [1.54, 1.807) is 35.9 Å². The molecule has 3 aromatic rings. The summed E-state index contributed by atoms with van der Waals surface area (Å²) in [7, 11) is 0. The van der Waals surface area contributed by atoms with Crippen LogP contribution in [-0.2, 0) is 11.2 Å². The Morgan fingerprint density at radius 2 is 1.75 bits per heavy atom. The number of carbonyl (C=O) groups is 2. The summed E-state index contributed by atoms with van der Waals surface area (Å²) in [5.41, 5.74) is 3.80. The predicted octanol–water partition coefficient (Wildman–Crippen LogP) is 3.87. The molecule has 0 spiro atoms. The highest BCUT2D eigenvalue weighted by Crippen LogP contribution is 2.13. The standard InChI is InChI=1S/C22H23N3O3/c1-5-17-6-8-18(9-7-17)21(26)16(4)28-22(27)19-10-11-20(23-13-19)25-15(3)12-14(2)24-25/h6-13,16H,5H2,1-4H3. The summed E-state index contributed by atoms with van der Waals surface area (Å²) in [4.78, 5) is 29.1. The number of ether oxygens (including phenoxy) is 1. The molecule has 0 aliphatic carbocycles. The third kappa shape index (κ3) is 4.17. The molecule has 0 N–H and O–H groups in total. The lowest BCUT2D eigenvalue weighted by atomic mass is 10.0. The Balaban J connectivity index is 1.68. The SMILES string of the molecule is CCc1ccc(C(=O)C(C)OC(=O)c2ccc(-n3nc(C)cc3C)nc2)cc1. The van der Waals surface area contributed by atoms with E-state index in [0.29, 0.717) is 11.4 Å². The fourth-order valence-electron chi connectivity index (χ4n) is 2.91. The van der Waals surface area contributed by atoms with Crippen LogP contribution in [0.2, 0.25) is 0 Å². The third-order valence-electron chi connectivity index (χ3n) is 4.51. The Morgan fingerprint density at radius 3 is 2.29 bits per heavy atom. The van der Waals surface area contributed by atoms with Crippen molar-refractivity contribution in [2.45, 2.75) is 40.2 Å². The first-order valence-corrected chi connectivity index (χ1v) is 9.23. The molecule has 0 radical (unpaired) electrons. The number of pyridine rings is 1. The van der Waals surface area contributed by atoms with Crippen molar-refractivity contribution in [3.05, 3.63) is 76.7 Å². The first kappa shape index (κ1) is 19.5. The molecule has 1 atom stereocenters. The lowest BCUT2D eigenvalue weighted by molar-refractivity contribution is 0.0318. The molecule has 0 bridgehead atoms. The molecule has 0 amide bonds. The van der Waals surface area contributed by atoms with Crippen LogP contribution in [0.15, 0.2) is 48.7 Å². The molecule has 0 aliphatic heterocycles. The molecule has 1 unspecified atom stereocenters. The molecule has 28 heavy (non-hydrogen) atoms. The fraction of sp³-hybridized carbons (Fsp3) is 0.273. The lowest BCUT2D eigenvalue weighted by Crippen LogP contribution is -2.24. The normalized spacial score (nSPS) is 11.9. The van der Waals surface area contributed by atoms with Gasteiger partial charge in [0.25, 0.3) is 0 Å². The van der Waals surface area contributed by atoms with Gasteiger partial charge in [-0.25, -0.2) is 14.5 Å². The van der Waals surface area contributed by atoms with Crippen LogP contribution >= 0.6 is 0 Å². The molecule has 0 fully saturated rings. The summed E-state index contributed by atoms with van der Waals surface area (Å²) < 4.78 is 7.04. The summed E-state index contributed by atoms with van der Waals surface area (Å²) >= 11 is 0. The summed E-state index contributed by atoms with van der Waals surface area (Å²) in [6, 6.07) is 12.6. The van der Waals surface area contributed by atoms with E-state index in [4.69, 9.17) is 4.74 Å². The van der Waals surface area contributed by atoms with Gasteiger partial charge in [-0.15, -0.1) is 0 Å². The number of nitrogens with zero attached hydrogens (tertiary/aromatic N) is 3. The minimum absolute atomic E-state index is 0.233. The number of esters is 1. The molecule has 6 nitrogen and oxygen atoms in total. The highest BCUT2D eigenvalue weighted by molar-refractivity contribution is 6.01. The predicted molar refractivity (Wildman–Crippen MR) is 106 cm³/mol. The van der Waals surface area contributed by atoms with Gasteiger partial charge < -0.3 is 4.74 Å². The number of aryl methyl sites for hydroxylation is 3. The Morgan fingerprint density at radius 1 is 1.07 bits per heavy atom. The molecule has 0 saturated heterocycles. The average molecular weight is 377 g/mol. The van der Waals surface area contributed by atoms with Gasteiger partial charge in [0.2, 0.25) is 5.78 Å². The molecule has 2 heterocycles. The average Bonchev–Trinajstić information content (AvgIpc) is 3.05.